The maximum atomic E-state index is 12.5. The van der Waals surface area contributed by atoms with E-state index >= 15 is 0 Å². The Morgan fingerprint density at radius 1 is 1.18 bits per heavy atom. The summed E-state index contributed by atoms with van der Waals surface area (Å²) in [4.78, 5) is 37.8. The van der Waals surface area contributed by atoms with Gasteiger partial charge in [0.2, 0.25) is 0 Å². The van der Waals surface area contributed by atoms with Crippen LogP contribution >= 0.6 is 23.4 Å². The minimum atomic E-state index is -0.398. The van der Waals surface area contributed by atoms with Crippen LogP contribution in [-0.4, -0.2) is 35.3 Å². The van der Waals surface area contributed by atoms with Crippen LogP contribution in [0.25, 0.3) is 6.08 Å². The molecule has 6 nitrogen and oxygen atoms in total. The van der Waals surface area contributed by atoms with E-state index in [1.807, 2.05) is 6.07 Å². The van der Waals surface area contributed by atoms with Gasteiger partial charge in [0, 0.05) is 10.7 Å². The molecule has 2 amide bonds. The second-order valence-corrected chi connectivity index (χ2v) is 7.16. The van der Waals surface area contributed by atoms with Crippen LogP contribution in [0.2, 0.25) is 5.02 Å². The SMILES string of the molecule is CCOC(=O)c1ccc(NCN2C(=O)S/C(=C\c3ccccc3Cl)C2=O)cc1. The number of ether oxygens (including phenoxy) is 1. The predicted octanol–water partition coefficient (Wildman–Crippen LogP) is 4.62. The number of amides is 2. The number of halogens is 1. The molecule has 8 heteroatoms. The van der Waals surface area contributed by atoms with Crippen LogP contribution < -0.4 is 5.32 Å². The van der Waals surface area contributed by atoms with Crippen molar-refractivity contribution in [3.8, 4) is 0 Å². The Morgan fingerprint density at radius 3 is 2.57 bits per heavy atom. The second-order valence-electron chi connectivity index (χ2n) is 5.76. The summed E-state index contributed by atoms with van der Waals surface area (Å²) in [7, 11) is 0. The lowest BCUT2D eigenvalue weighted by molar-refractivity contribution is -0.122. The number of anilines is 1. The standard InChI is InChI=1S/C20H17ClN2O4S/c1-2-27-19(25)13-7-9-15(10-8-13)22-12-23-18(24)17(28-20(23)26)11-14-5-3-4-6-16(14)21/h3-11,22H,2,12H2,1H3/b17-11-. The molecule has 1 fully saturated rings. The molecule has 3 rings (SSSR count). The quantitative estimate of drug-likeness (QED) is 0.547. The molecule has 0 unspecified atom stereocenters. The van der Waals surface area contributed by atoms with E-state index in [9.17, 15) is 14.4 Å². The third kappa shape index (κ3) is 4.55. The molecule has 0 spiro atoms. The highest BCUT2D eigenvalue weighted by Gasteiger charge is 2.34. The highest BCUT2D eigenvalue weighted by Crippen LogP contribution is 2.33. The summed E-state index contributed by atoms with van der Waals surface area (Å²) in [5.74, 6) is -0.782. The lowest BCUT2D eigenvalue weighted by Crippen LogP contribution is -2.33. The summed E-state index contributed by atoms with van der Waals surface area (Å²) >= 11 is 6.98. The van der Waals surface area contributed by atoms with E-state index in [1.165, 1.54) is 0 Å². The van der Waals surface area contributed by atoms with Crippen molar-refractivity contribution in [3.63, 3.8) is 0 Å². The number of thioether (sulfide) groups is 1. The third-order valence-corrected chi connectivity index (χ3v) is 5.15. The fourth-order valence-electron chi connectivity index (χ4n) is 2.48. The van der Waals surface area contributed by atoms with Crippen molar-refractivity contribution < 1.29 is 19.1 Å². The average Bonchev–Trinajstić information content (AvgIpc) is 2.95. The third-order valence-electron chi connectivity index (χ3n) is 3.90. The van der Waals surface area contributed by atoms with Crippen LogP contribution in [0.15, 0.2) is 53.4 Å². The van der Waals surface area contributed by atoms with E-state index in [-0.39, 0.29) is 17.8 Å². The lowest BCUT2D eigenvalue weighted by Gasteiger charge is -2.14. The van der Waals surface area contributed by atoms with Crippen molar-refractivity contribution in [3.05, 3.63) is 69.6 Å². The molecule has 28 heavy (non-hydrogen) atoms. The van der Waals surface area contributed by atoms with Gasteiger partial charge >= 0.3 is 5.97 Å². The van der Waals surface area contributed by atoms with Crippen molar-refractivity contribution in [2.75, 3.05) is 18.6 Å². The van der Waals surface area contributed by atoms with Gasteiger partial charge in [-0.05, 0) is 60.7 Å². The number of carbonyl (C=O) groups is 3. The number of nitrogens with zero attached hydrogens (tertiary/aromatic N) is 1. The number of hydrogen-bond acceptors (Lipinski definition) is 6. The van der Waals surface area contributed by atoms with Gasteiger partial charge in [-0.25, -0.2) is 4.79 Å². The van der Waals surface area contributed by atoms with E-state index in [0.717, 1.165) is 16.7 Å². The minimum Gasteiger partial charge on any atom is -0.462 e. The van der Waals surface area contributed by atoms with Crippen LogP contribution in [0.4, 0.5) is 10.5 Å². The Morgan fingerprint density at radius 2 is 1.89 bits per heavy atom. The molecule has 0 atom stereocenters. The Kier molecular flexibility index (Phi) is 6.38. The highest BCUT2D eigenvalue weighted by molar-refractivity contribution is 8.18. The molecular formula is C20H17ClN2O4S. The van der Waals surface area contributed by atoms with E-state index in [1.54, 1.807) is 55.5 Å². The molecule has 2 aromatic carbocycles. The van der Waals surface area contributed by atoms with Crippen molar-refractivity contribution in [2.24, 2.45) is 0 Å². The van der Waals surface area contributed by atoms with Gasteiger partial charge in [-0.15, -0.1) is 0 Å². The molecular weight excluding hydrogens is 400 g/mol. The largest absolute Gasteiger partial charge is 0.462 e. The Balaban J connectivity index is 1.65. The van der Waals surface area contributed by atoms with E-state index in [2.05, 4.69) is 5.32 Å². The topological polar surface area (TPSA) is 75.7 Å². The van der Waals surface area contributed by atoms with Crippen molar-refractivity contribution in [1.82, 2.24) is 4.90 Å². The molecule has 0 radical (unpaired) electrons. The zero-order valence-corrected chi connectivity index (χ0v) is 16.5. The summed E-state index contributed by atoms with van der Waals surface area (Å²) in [5, 5.41) is 3.15. The van der Waals surface area contributed by atoms with E-state index in [4.69, 9.17) is 16.3 Å². The van der Waals surface area contributed by atoms with E-state index in [0.29, 0.717) is 33.3 Å². The molecule has 1 N–H and O–H groups in total. The summed E-state index contributed by atoms with van der Waals surface area (Å²) in [6, 6.07) is 13.7. The number of carbonyl (C=O) groups excluding carboxylic acids is 3. The van der Waals surface area contributed by atoms with Gasteiger partial charge in [0.15, 0.2) is 0 Å². The first-order valence-electron chi connectivity index (χ1n) is 8.50. The van der Waals surface area contributed by atoms with Gasteiger partial charge in [-0.3, -0.25) is 14.5 Å². The highest BCUT2D eigenvalue weighted by atomic mass is 35.5. The summed E-state index contributed by atoms with van der Waals surface area (Å²) in [5.41, 5.74) is 1.78. The number of rotatable bonds is 6. The van der Waals surface area contributed by atoms with Crippen molar-refractivity contribution in [1.29, 1.82) is 0 Å². The zero-order valence-electron chi connectivity index (χ0n) is 15.0. The van der Waals surface area contributed by atoms with Gasteiger partial charge in [-0.1, -0.05) is 29.8 Å². The Labute approximate surface area is 171 Å². The summed E-state index contributed by atoms with van der Waals surface area (Å²) < 4.78 is 4.93. The molecule has 0 aliphatic carbocycles. The summed E-state index contributed by atoms with van der Waals surface area (Å²) in [6.07, 6.45) is 1.61. The van der Waals surface area contributed by atoms with Crippen LogP contribution in [0.1, 0.15) is 22.8 Å². The van der Waals surface area contributed by atoms with Gasteiger partial charge in [-0.2, -0.15) is 0 Å². The van der Waals surface area contributed by atoms with Gasteiger partial charge in [0.25, 0.3) is 11.1 Å². The maximum absolute atomic E-state index is 12.5. The fraction of sp³-hybridized carbons (Fsp3) is 0.150. The summed E-state index contributed by atoms with van der Waals surface area (Å²) in [6.45, 7) is 2.06. The average molecular weight is 417 g/mol. The lowest BCUT2D eigenvalue weighted by atomic mass is 10.2. The first-order chi connectivity index (χ1) is 13.5. The Hall–Kier alpha value is -2.77. The smallest absolute Gasteiger partial charge is 0.338 e. The van der Waals surface area contributed by atoms with Crippen molar-refractivity contribution in [2.45, 2.75) is 6.92 Å². The number of benzene rings is 2. The molecule has 144 valence electrons. The first-order valence-corrected chi connectivity index (χ1v) is 9.70. The number of imide groups is 1. The number of esters is 1. The molecule has 2 aromatic rings. The first kappa shape index (κ1) is 20.0. The van der Waals surface area contributed by atoms with Crippen molar-refractivity contribution >= 4 is 52.2 Å². The molecule has 1 aliphatic rings. The number of hydrogen-bond donors (Lipinski definition) is 1. The van der Waals surface area contributed by atoms with Gasteiger partial charge in [0.1, 0.15) is 0 Å². The number of nitrogens with one attached hydrogen (secondary N) is 1. The predicted molar refractivity (Wildman–Crippen MR) is 110 cm³/mol. The Bertz CT molecular complexity index is 943. The molecule has 1 saturated heterocycles. The minimum absolute atomic E-state index is 0.0171. The van der Waals surface area contributed by atoms with Gasteiger partial charge < -0.3 is 10.1 Å². The molecule has 0 saturated carbocycles. The normalized spacial score (nSPS) is 15.2. The molecule has 1 aliphatic heterocycles. The van der Waals surface area contributed by atoms with Crippen LogP contribution in [0.5, 0.6) is 0 Å². The fourth-order valence-corrected chi connectivity index (χ4v) is 3.50. The zero-order chi connectivity index (χ0) is 20.1. The maximum Gasteiger partial charge on any atom is 0.338 e. The van der Waals surface area contributed by atoms with Gasteiger partial charge in [0.05, 0.1) is 23.7 Å². The second kappa shape index (κ2) is 8.95. The van der Waals surface area contributed by atoms with E-state index < -0.39 is 5.97 Å². The van der Waals surface area contributed by atoms with Crippen LogP contribution in [-0.2, 0) is 9.53 Å². The van der Waals surface area contributed by atoms with Crippen LogP contribution in [0.3, 0.4) is 0 Å². The molecule has 1 heterocycles. The molecule has 0 bridgehead atoms. The molecule has 0 aromatic heterocycles. The monoisotopic (exact) mass is 416 g/mol. The van der Waals surface area contributed by atoms with Crippen LogP contribution in [0, 0.1) is 0 Å².